The van der Waals surface area contributed by atoms with Gasteiger partial charge >= 0.3 is 0 Å². The molecule has 0 radical (unpaired) electrons. The number of nitrogens with zero attached hydrogens (tertiary/aromatic N) is 3. The number of allylic oxidation sites excluding steroid dienone is 2. The second-order valence-corrected chi connectivity index (χ2v) is 12.4. The molecular formula is C30H39N5O2S2. The van der Waals surface area contributed by atoms with Crippen molar-refractivity contribution in [3.63, 3.8) is 0 Å². The van der Waals surface area contributed by atoms with E-state index in [-0.39, 0.29) is 0 Å². The number of likely N-dealkylation sites (N-methyl/N-ethyl adjacent to an activating group) is 1. The molecule has 2 aromatic carbocycles. The van der Waals surface area contributed by atoms with Gasteiger partial charge in [-0.2, -0.15) is 0 Å². The molecule has 3 aliphatic heterocycles. The predicted molar refractivity (Wildman–Crippen MR) is 162 cm³/mol. The summed E-state index contributed by atoms with van der Waals surface area (Å²) in [5, 5.41) is 7.13. The van der Waals surface area contributed by atoms with E-state index in [2.05, 4.69) is 81.8 Å². The van der Waals surface area contributed by atoms with E-state index < -0.39 is 0 Å². The highest BCUT2D eigenvalue weighted by atomic mass is 32.2. The molecule has 208 valence electrons. The second kappa shape index (κ2) is 13.3. The Morgan fingerprint density at radius 2 is 1.82 bits per heavy atom. The summed E-state index contributed by atoms with van der Waals surface area (Å²) in [6, 6.07) is 13.6. The first-order valence-corrected chi connectivity index (χ1v) is 15.4. The van der Waals surface area contributed by atoms with Crippen molar-refractivity contribution in [1.82, 2.24) is 20.0 Å². The minimum Gasteiger partial charge on any atom is -0.388 e. The molecule has 0 bridgehead atoms. The molecule has 2 N–H and O–H groups in total. The van der Waals surface area contributed by atoms with Gasteiger partial charge < -0.3 is 25.2 Å². The largest absolute Gasteiger partial charge is 0.388 e. The number of morpholine rings is 1. The van der Waals surface area contributed by atoms with E-state index in [9.17, 15) is 4.79 Å². The molecule has 5 rings (SSSR count). The topological polar surface area (TPSA) is 60.1 Å². The first-order chi connectivity index (χ1) is 19.0. The lowest BCUT2D eigenvalue weighted by molar-refractivity contribution is -0.104. The second-order valence-electron chi connectivity index (χ2n) is 10.3. The predicted octanol–water partition coefficient (Wildman–Crippen LogP) is 4.33. The number of aldehydes is 1. The Labute approximate surface area is 241 Å². The normalized spacial score (nSPS) is 19.7. The van der Waals surface area contributed by atoms with Crippen LogP contribution < -0.4 is 10.6 Å². The maximum atomic E-state index is 11.4. The van der Waals surface area contributed by atoms with E-state index >= 15 is 0 Å². The molecule has 3 aliphatic rings. The number of carbonyl (C=O) groups excluding carboxylic acids is 1. The quantitative estimate of drug-likeness (QED) is 0.224. The fraction of sp³-hybridized carbons (Fsp3) is 0.433. The van der Waals surface area contributed by atoms with Crippen molar-refractivity contribution in [2.24, 2.45) is 0 Å². The monoisotopic (exact) mass is 565 g/mol. The van der Waals surface area contributed by atoms with E-state index in [0.29, 0.717) is 19.3 Å². The number of ether oxygens (including phenoxy) is 1. The highest BCUT2D eigenvalue weighted by Gasteiger charge is 2.23. The van der Waals surface area contributed by atoms with Crippen LogP contribution in [0.4, 0.5) is 5.69 Å². The minimum atomic E-state index is 0.384. The zero-order valence-corrected chi connectivity index (χ0v) is 24.7. The SMILES string of the molecule is CN/C(=C\C(=C/C=O)N1CCOCC1)c1cccc2c1Sc1ccc(NC(C)CN3CCN(C)CC3)cc1S2. The zero-order valence-electron chi connectivity index (χ0n) is 23.1. The van der Waals surface area contributed by atoms with E-state index in [1.54, 1.807) is 6.08 Å². The Hall–Kier alpha value is -2.43. The smallest absolute Gasteiger partial charge is 0.144 e. The van der Waals surface area contributed by atoms with Gasteiger partial charge in [0.15, 0.2) is 0 Å². The average molecular weight is 566 g/mol. The number of fused-ring (bicyclic) bond motifs is 2. The highest BCUT2D eigenvalue weighted by molar-refractivity contribution is 8.05. The van der Waals surface area contributed by atoms with Gasteiger partial charge in [-0.1, -0.05) is 35.7 Å². The maximum absolute atomic E-state index is 11.4. The van der Waals surface area contributed by atoms with Crippen molar-refractivity contribution < 1.29 is 9.53 Å². The van der Waals surface area contributed by atoms with Crippen LogP contribution in [-0.4, -0.2) is 100 Å². The van der Waals surface area contributed by atoms with Gasteiger partial charge in [0.25, 0.3) is 0 Å². The lowest BCUT2D eigenvalue weighted by atomic mass is 10.1. The number of anilines is 1. The molecule has 0 aromatic heterocycles. The Kier molecular flexibility index (Phi) is 9.57. The number of rotatable bonds is 9. The van der Waals surface area contributed by atoms with E-state index in [1.165, 1.54) is 25.3 Å². The van der Waals surface area contributed by atoms with E-state index in [1.807, 2.05) is 30.6 Å². The van der Waals surface area contributed by atoms with Crippen LogP contribution in [0.3, 0.4) is 0 Å². The summed E-state index contributed by atoms with van der Waals surface area (Å²) in [6.07, 6.45) is 4.60. The third kappa shape index (κ3) is 7.02. The summed E-state index contributed by atoms with van der Waals surface area (Å²) < 4.78 is 5.51. The van der Waals surface area contributed by atoms with Crippen molar-refractivity contribution in [3.8, 4) is 0 Å². The van der Waals surface area contributed by atoms with Gasteiger partial charge in [-0.05, 0) is 44.3 Å². The molecule has 2 aromatic rings. The van der Waals surface area contributed by atoms with Crippen molar-refractivity contribution in [2.75, 3.05) is 78.4 Å². The third-order valence-electron chi connectivity index (χ3n) is 7.36. The van der Waals surface area contributed by atoms with Crippen LogP contribution in [0.1, 0.15) is 12.5 Å². The Morgan fingerprint density at radius 3 is 2.56 bits per heavy atom. The molecular weight excluding hydrogens is 526 g/mol. The molecule has 3 heterocycles. The number of nitrogens with one attached hydrogen (secondary N) is 2. The van der Waals surface area contributed by atoms with E-state index in [4.69, 9.17) is 4.74 Å². The summed E-state index contributed by atoms with van der Waals surface area (Å²) in [5.41, 5.74) is 4.23. The third-order valence-corrected chi connectivity index (χ3v) is 9.96. The van der Waals surface area contributed by atoms with Gasteiger partial charge in [0.05, 0.1) is 13.2 Å². The first-order valence-electron chi connectivity index (χ1n) is 13.7. The fourth-order valence-corrected chi connectivity index (χ4v) is 7.63. The molecule has 1 atom stereocenters. The van der Waals surface area contributed by atoms with Crippen LogP contribution in [0.5, 0.6) is 0 Å². The zero-order chi connectivity index (χ0) is 27.2. The van der Waals surface area contributed by atoms with Crippen molar-refractivity contribution in [2.45, 2.75) is 32.5 Å². The number of piperazine rings is 1. The molecule has 9 heteroatoms. The Morgan fingerprint density at radius 1 is 1.03 bits per heavy atom. The molecule has 0 aliphatic carbocycles. The number of benzene rings is 2. The van der Waals surface area contributed by atoms with Crippen LogP contribution in [0.15, 0.2) is 73.8 Å². The summed E-state index contributed by atoms with van der Waals surface area (Å²) in [6.45, 7) is 10.8. The van der Waals surface area contributed by atoms with Gasteiger partial charge in [-0.3, -0.25) is 9.69 Å². The van der Waals surface area contributed by atoms with Crippen LogP contribution in [0.2, 0.25) is 0 Å². The van der Waals surface area contributed by atoms with Crippen LogP contribution >= 0.6 is 23.5 Å². The van der Waals surface area contributed by atoms with E-state index in [0.717, 1.165) is 69.1 Å². The van der Waals surface area contributed by atoms with Gasteiger partial charge in [0, 0.05) is 107 Å². The molecule has 0 amide bonds. The Balaban J connectivity index is 1.32. The van der Waals surface area contributed by atoms with Crippen LogP contribution in [0.25, 0.3) is 5.70 Å². The molecule has 2 fully saturated rings. The summed E-state index contributed by atoms with van der Waals surface area (Å²) in [5.74, 6) is 0. The fourth-order valence-electron chi connectivity index (χ4n) is 5.22. The van der Waals surface area contributed by atoms with Gasteiger partial charge in [0.1, 0.15) is 6.29 Å². The van der Waals surface area contributed by atoms with Crippen molar-refractivity contribution >= 4 is 41.2 Å². The summed E-state index contributed by atoms with van der Waals surface area (Å²) >= 11 is 3.65. The molecule has 0 saturated carbocycles. The van der Waals surface area contributed by atoms with Crippen LogP contribution in [-0.2, 0) is 9.53 Å². The number of carbonyl (C=O) groups is 1. The number of hydrogen-bond acceptors (Lipinski definition) is 9. The first kappa shape index (κ1) is 28.1. The molecule has 1 unspecified atom stereocenters. The highest BCUT2D eigenvalue weighted by Crippen LogP contribution is 2.51. The molecule has 39 heavy (non-hydrogen) atoms. The molecule has 7 nitrogen and oxygen atoms in total. The van der Waals surface area contributed by atoms with Gasteiger partial charge in [-0.25, -0.2) is 0 Å². The minimum absolute atomic E-state index is 0.384. The lowest BCUT2D eigenvalue weighted by Crippen LogP contribution is -2.47. The van der Waals surface area contributed by atoms with Crippen LogP contribution in [0, 0.1) is 0 Å². The van der Waals surface area contributed by atoms with Crippen molar-refractivity contribution in [1.29, 1.82) is 0 Å². The van der Waals surface area contributed by atoms with Gasteiger partial charge in [0.2, 0.25) is 0 Å². The van der Waals surface area contributed by atoms with Gasteiger partial charge in [-0.15, -0.1) is 0 Å². The Bertz CT molecular complexity index is 1220. The number of hydrogen-bond donors (Lipinski definition) is 2. The average Bonchev–Trinajstić information content (AvgIpc) is 2.95. The molecule has 0 spiro atoms. The summed E-state index contributed by atoms with van der Waals surface area (Å²) in [7, 11) is 4.14. The lowest BCUT2D eigenvalue weighted by Gasteiger charge is -2.34. The summed E-state index contributed by atoms with van der Waals surface area (Å²) in [4.78, 5) is 23.6. The van der Waals surface area contributed by atoms with Crippen molar-refractivity contribution in [3.05, 3.63) is 59.8 Å². The maximum Gasteiger partial charge on any atom is 0.144 e. The standard InChI is InChI=1S/C30H39N5O2S2/c1-22(21-34-12-10-33(3)11-13-34)32-23-7-8-27-29(19-23)38-28-6-4-5-25(30(28)39-27)26(31-2)20-24(9-16-36)35-14-17-37-18-15-35/h4-9,16,19-20,22,31-32H,10-15,17-18,21H2,1-3H3/b24-9+,26-20-. The molecule has 2 saturated heterocycles.